The molecule has 0 spiro atoms. The Labute approximate surface area is 218 Å². The monoisotopic (exact) mass is 514 g/mol. The quantitative estimate of drug-likeness (QED) is 0.282. The summed E-state index contributed by atoms with van der Waals surface area (Å²) in [6.07, 6.45) is 4.71. The number of carbonyl (C=O) groups excluding carboxylic acids is 1. The lowest BCUT2D eigenvalue weighted by Crippen LogP contribution is -2.31. The van der Waals surface area contributed by atoms with Crippen molar-refractivity contribution in [2.45, 2.75) is 6.42 Å². The molecule has 9 heteroatoms. The SMILES string of the molecule is Nc1ncc(/C=C/C(=O)NC[C@@H]2CCN(C(=O)O)C2)c2scc(-c3ccc(Oc4ccccc4)cc3)c12. The van der Waals surface area contributed by atoms with Gasteiger partial charge >= 0.3 is 6.09 Å². The third-order valence-corrected chi connectivity index (χ3v) is 7.36. The molecular weight excluding hydrogens is 488 g/mol. The van der Waals surface area contributed by atoms with Crippen LogP contribution in [0.5, 0.6) is 11.5 Å². The zero-order valence-corrected chi connectivity index (χ0v) is 20.8. The highest BCUT2D eigenvalue weighted by atomic mass is 32.1. The van der Waals surface area contributed by atoms with Crippen molar-refractivity contribution >= 4 is 45.3 Å². The topological polar surface area (TPSA) is 118 Å². The number of nitrogens with zero attached hydrogens (tertiary/aromatic N) is 2. The lowest BCUT2D eigenvalue weighted by atomic mass is 10.0. The molecule has 1 saturated heterocycles. The number of hydrogen-bond acceptors (Lipinski definition) is 6. The van der Waals surface area contributed by atoms with Crippen molar-refractivity contribution in [1.29, 1.82) is 0 Å². The maximum atomic E-state index is 12.4. The van der Waals surface area contributed by atoms with E-state index in [4.69, 9.17) is 15.6 Å². The van der Waals surface area contributed by atoms with Gasteiger partial charge in [-0.1, -0.05) is 30.3 Å². The number of aromatic nitrogens is 1. The average molecular weight is 515 g/mol. The molecule has 2 aromatic carbocycles. The van der Waals surface area contributed by atoms with Crippen molar-refractivity contribution in [3.05, 3.63) is 77.8 Å². The summed E-state index contributed by atoms with van der Waals surface area (Å²) in [5.74, 6) is 1.84. The Balaban J connectivity index is 1.28. The smallest absolute Gasteiger partial charge is 0.407 e. The first-order chi connectivity index (χ1) is 18.0. The number of nitrogens with two attached hydrogens (primary N) is 1. The predicted molar refractivity (Wildman–Crippen MR) is 146 cm³/mol. The molecule has 1 aliphatic heterocycles. The highest BCUT2D eigenvalue weighted by Crippen LogP contribution is 2.39. The number of likely N-dealkylation sites (tertiary alicyclic amines) is 1. The number of hydrogen-bond donors (Lipinski definition) is 3. The molecule has 1 aliphatic rings. The van der Waals surface area contributed by atoms with Gasteiger partial charge in [-0.05, 0) is 53.6 Å². The van der Waals surface area contributed by atoms with Gasteiger partial charge in [-0.3, -0.25) is 4.79 Å². The number of benzene rings is 2. The Kier molecular flexibility index (Phi) is 7.04. The van der Waals surface area contributed by atoms with Crippen LogP contribution in [-0.4, -0.2) is 46.6 Å². The molecule has 2 aromatic heterocycles. The van der Waals surface area contributed by atoms with Crippen LogP contribution in [0, 0.1) is 5.92 Å². The predicted octanol–water partition coefficient (Wildman–Crippen LogP) is 5.47. The lowest BCUT2D eigenvalue weighted by molar-refractivity contribution is -0.116. The van der Waals surface area contributed by atoms with E-state index in [9.17, 15) is 9.59 Å². The molecule has 4 aromatic rings. The fraction of sp³-hybridized carbons (Fsp3) is 0.179. The molecular formula is C28H26N4O4S. The minimum atomic E-state index is -0.916. The molecule has 0 unspecified atom stereocenters. The minimum Gasteiger partial charge on any atom is -0.465 e. The first-order valence-corrected chi connectivity index (χ1v) is 12.8. The third-order valence-electron chi connectivity index (χ3n) is 6.33. The Morgan fingerprint density at radius 3 is 2.65 bits per heavy atom. The van der Waals surface area contributed by atoms with E-state index in [0.29, 0.717) is 25.5 Å². The van der Waals surface area contributed by atoms with Gasteiger partial charge in [0.05, 0.1) is 0 Å². The maximum Gasteiger partial charge on any atom is 0.407 e. The van der Waals surface area contributed by atoms with Crippen molar-refractivity contribution in [2.75, 3.05) is 25.4 Å². The lowest BCUT2D eigenvalue weighted by Gasteiger charge is -2.12. The van der Waals surface area contributed by atoms with Gasteiger partial charge in [-0.2, -0.15) is 0 Å². The van der Waals surface area contributed by atoms with Crippen LogP contribution in [0.25, 0.3) is 27.3 Å². The van der Waals surface area contributed by atoms with Gasteiger partial charge in [-0.15, -0.1) is 11.3 Å². The first kappa shape index (κ1) is 24.3. The fourth-order valence-electron chi connectivity index (χ4n) is 4.39. The molecule has 0 bridgehead atoms. The van der Waals surface area contributed by atoms with E-state index in [2.05, 4.69) is 10.3 Å². The van der Waals surface area contributed by atoms with E-state index in [0.717, 1.165) is 44.7 Å². The zero-order valence-electron chi connectivity index (χ0n) is 20.0. The van der Waals surface area contributed by atoms with E-state index in [1.165, 1.54) is 11.0 Å². The number of carboxylic acid groups (broad SMARTS) is 1. The Bertz CT molecular complexity index is 1450. The molecule has 0 aliphatic carbocycles. The number of anilines is 1. The number of rotatable bonds is 7. The second-order valence-corrected chi connectivity index (χ2v) is 9.73. The van der Waals surface area contributed by atoms with Crippen LogP contribution < -0.4 is 15.8 Å². The number of nitrogens with one attached hydrogen (secondary N) is 1. The highest BCUT2D eigenvalue weighted by molar-refractivity contribution is 7.18. The molecule has 37 heavy (non-hydrogen) atoms. The zero-order chi connectivity index (χ0) is 25.8. The maximum absolute atomic E-state index is 12.4. The van der Waals surface area contributed by atoms with Crippen molar-refractivity contribution in [3.63, 3.8) is 0 Å². The number of nitrogen functional groups attached to an aromatic ring is 1. The first-order valence-electron chi connectivity index (χ1n) is 11.9. The number of ether oxygens (including phenoxy) is 1. The molecule has 4 N–H and O–H groups in total. The molecule has 188 valence electrons. The van der Waals surface area contributed by atoms with Crippen molar-refractivity contribution < 1.29 is 19.4 Å². The van der Waals surface area contributed by atoms with Gasteiger partial charge in [0.1, 0.15) is 17.3 Å². The standard InChI is InChI=1S/C28H26N4O4S/c29-27-25-23(19-6-9-22(10-7-19)36-21-4-2-1-3-5-21)17-37-26(25)20(15-31-27)8-11-24(33)30-14-18-12-13-32(16-18)28(34)35/h1-11,15,17-18H,12-14,16H2,(H2,29,31)(H,30,33)(H,34,35)/b11-8+/t18-/m0/s1. The number of carbonyl (C=O) groups is 2. The van der Waals surface area contributed by atoms with Crippen LogP contribution in [0.2, 0.25) is 0 Å². The molecule has 5 rings (SSSR count). The minimum absolute atomic E-state index is 0.127. The number of fused-ring (bicyclic) bond motifs is 1. The summed E-state index contributed by atoms with van der Waals surface area (Å²) in [7, 11) is 0. The molecule has 1 fully saturated rings. The fourth-order valence-corrected chi connectivity index (χ4v) is 5.47. The van der Waals surface area contributed by atoms with Crippen molar-refractivity contribution in [2.24, 2.45) is 5.92 Å². The summed E-state index contributed by atoms with van der Waals surface area (Å²) in [4.78, 5) is 29.2. The normalized spacial score (nSPS) is 15.4. The van der Waals surface area contributed by atoms with E-state index in [1.54, 1.807) is 23.6 Å². The van der Waals surface area contributed by atoms with Crippen LogP contribution in [0.4, 0.5) is 10.6 Å². The van der Waals surface area contributed by atoms with Crippen molar-refractivity contribution in [1.82, 2.24) is 15.2 Å². The number of para-hydroxylation sites is 1. The summed E-state index contributed by atoms with van der Waals surface area (Å²) in [6.45, 7) is 1.39. The third kappa shape index (κ3) is 5.57. The van der Waals surface area contributed by atoms with E-state index in [1.807, 2.05) is 60.0 Å². The van der Waals surface area contributed by atoms with E-state index in [-0.39, 0.29) is 11.8 Å². The summed E-state index contributed by atoms with van der Waals surface area (Å²) in [5, 5.41) is 14.8. The van der Waals surface area contributed by atoms with Crippen LogP contribution in [0.1, 0.15) is 12.0 Å². The van der Waals surface area contributed by atoms with Gasteiger partial charge in [0, 0.05) is 53.1 Å². The van der Waals surface area contributed by atoms with Crippen molar-refractivity contribution in [3.8, 4) is 22.6 Å². The van der Waals surface area contributed by atoms with Gasteiger partial charge in [0.25, 0.3) is 0 Å². The average Bonchev–Trinajstić information content (AvgIpc) is 3.57. The van der Waals surface area contributed by atoms with Crippen LogP contribution in [0.3, 0.4) is 0 Å². The van der Waals surface area contributed by atoms with Gasteiger partial charge in [-0.25, -0.2) is 9.78 Å². The van der Waals surface area contributed by atoms with Gasteiger partial charge in [0.2, 0.25) is 5.91 Å². The van der Waals surface area contributed by atoms with Gasteiger partial charge in [0.15, 0.2) is 0 Å². The largest absolute Gasteiger partial charge is 0.465 e. The summed E-state index contributed by atoms with van der Waals surface area (Å²) >= 11 is 1.55. The Hall–Kier alpha value is -4.37. The molecule has 0 saturated carbocycles. The van der Waals surface area contributed by atoms with E-state index < -0.39 is 6.09 Å². The molecule has 8 nitrogen and oxygen atoms in total. The summed E-state index contributed by atoms with van der Waals surface area (Å²) in [6, 6.07) is 17.4. The number of thiophene rings is 1. The molecule has 3 heterocycles. The highest BCUT2D eigenvalue weighted by Gasteiger charge is 2.25. The molecule has 1 atom stereocenters. The second-order valence-electron chi connectivity index (χ2n) is 8.85. The second kappa shape index (κ2) is 10.7. The molecule has 0 radical (unpaired) electrons. The number of pyridine rings is 1. The Morgan fingerprint density at radius 1 is 1.16 bits per heavy atom. The number of amides is 2. The summed E-state index contributed by atoms with van der Waals surface area (Å²) < 4.78 is 6.84. The Morgan fingerprint density at radius 2 is 1.92 bits per heavy atom. The van der Waals surface area contributed by atoms with Crippen LogP contribution in [0.15, 0.2) is 72.3 Å². The van der Waals surface area contributed by atoms with E-state index >= 15 is 0 Å². The van der Waals surface area contributed by atoms with Crippen LogP contribution >= 0.6 is 11.3 Å². The van der Waals surface area contributed by atoms with Crippen LogP contribution in [-0.2, 0) is 4.79 Å². The van der Waals surface area contributed by atoms with Gasteiger partial charge < -0.3 is 25.8 Å². The summed E-state index contributed by atoms with van der Waals surface area (Å²) in [5.41, 5.74) is 9.03. The molecule has 2 amide bonds.